The lowest BCUT2D eigenvalue weighted by atomic mass is 10.1. The molecule has 116 valence electrons. The van der Waals surface area contributed by atoms with Crippen LogP contribution in [0.25, 0.3) is 0 Å². The van der Waals surface area contributed by atoms with Gasteiger partial charge in [-0.15, -0.1) is 0 Å². The second-order valence-corrected chi connectivity index (χ2v) is 6.10. The van der Waals surface area contributed by atoms with Crippen LogP contribution in [-0.4, -0.2) is 20.1 Å². The van der Waals surface area contributed by atoms with Gasteiger partial charge in [0.05, 0.1) is 12.7 Å². The van der Waals surface area contributed by atoms with E-state index in [1.165, 1.54) is 0 Å². The Balaban J connectivity index is 0.000000885. The molecule has 0 aliphatic rings. The number of rotatable bonds is 6. The molecule has 0 radical (unpaired) electrons. The number of hydrogen-bond acceptors (Lipinski definition) is 5. The highest BCUT2D eigenvalue weighted by Crippen LogP contribution is 2.10. The van der Waals surface area contributed by atoms with Crippen LogP contribution in [0, 0.1) is 11.3 Å². The van der Waals surface area contributed by atoms with E-state index in [0.717, 1.165) is 5.56 Å². The Labute approximate surface area is 130 Å². The maximum atomic E-state index is 11.4. The fourth-order valence-electron chi connectivity index (χ4n) is 1.43. The molecule has 21 heavy (non-hydrogen) atoms. The molecule has 0 atom stereocenters. The van der Waals surface area contributed by atoms with E-state index in [1.807, 2.05) is 12.1 Å². The van der Waals surface area contributed by atoms with E-state index in [2.05, 4.69) is 33.9 Å². The largest absolute Gasteiger partial charge is 0.377 e. The molecule has 0 aromatic heterocycles. The van der Waals surface area contributed by atoms with Crippen LogP contribution in [0.5, 0.6) is 0 Å². The number of nitrogens with zero attached hydrogens (tertiary/aromatic N) is 1. The monoisotopic (exact) mass is 329 g/mol. The van der Waals surface area contributed by atoms with Gasteiger partial charge in [-0.1, -0.05) is 24.3 Å². The average Bonchev–Trinajstić information content (AvgIpc) is 2.36. The zero-order valence-electron chi connectivity index (χ0n) is 11.8. The Bertz CT molecular complexity index is 574. The molecule has 4 N–H and O–H groups in total. The van der Waals surface area contributed by atoms with Crippen LogP contribution in [0.1, 0.15) is 24.5 Å². The highest BCUT2D eigenvalue weighted by molar-refractivity contribution is 7.85. The van der Waals surface area contributed by atoms with Gasteiger partial charge >= 0.3 is 0 Å². The molecule has 0 amide bonds. The van der Waals surface area contributed by atoms with Gasteiger partial charge in [-0.2, -0.15) is 13.7 Å². The van der Waals surface area contributed by atoms with E-state index in [-0.39, 0.29) is 17.5 Å². The van der Waals surface area contributed by atoms with Crippen molar-refractivity contribution in [3.63, 3.8) is 0 Å². The fourth-order valence-corrected chi connectivity index (χ4v) is 2.47. The van der Waals surface area contributed by atoms with Crippen molar-refractivity contribution in [2.24, 2.45) is 11.5 Å². The van der Waals surface area contributed by atoms with Crippen molar-refractivity contribution in [2.45, 2.75) is 25.5 Å². The van der Waals surface area contributed by atoms with Crippen molar-refractivity contribution < 1.29 is 12.6 Å². The number of benzene rings is 1. The molecule has 1 aromatic carbocycles. The Morgan fingerprint density at radius 1 is 1.29 bits per heavy atom. The zero-order valence-corrected chi connectivity index (χ0v) is 13.4. The molecule has 0 heterocycles. The van der Waals surface area contributed by atoms with Crippen LogP contribution < -0.4 is 11.5 Å². The average molecular weight is 329 g/mol. The Morgan fingerprint density at radius 2 is 1.76 bits per heavy atom. The van der Waals surface area contributed by atoms with Gasteiger partial charge in [-0.3, -0.25) is 4.18 Å². The molecule has 0 unspecified atom stereocenters. The zero-order chi connectivity index (χ0) is 16.3. The summed E-state index contributed by atoms with van der Waals surface area (Å²) in [6.07, 6.45) is 1.16. The van der Waals surface area contributed by atoms with Crippen molar-refractivity contribution in [3.05, 3.63) is 35.4 Å². The van der Waals surface area contributed by atoms with Gasteiger partial charge in [-0.05, 0) is 36.7 Å². The van der Waals surface area contributed by atoms with Crippen molar-refractivity contribution in [1.82, 2.24) is 0 Å². The van der Waals surface area contributed by atoms with Gasteiger partial charge in [0.2, 0.25) is 0 Å². The summed E-state index contributed by atoms with van der Waals surface area (Å²) in [5.74, 6) is -0.112. The van der Waals surface area contributed by atoms with Gasteiger partial charge < -0.3 is 11.5 Å². The summed E-state index contributed by atoms with van der Waals surface area (Å²) in [5, 5.41) is 8.45. The highest BCUT2D eigenvalue weighted by Gasteiger charge is 2.11. The van der Waals surface area contributed by atoms with Crippen LogP contribution >= 0.6 is 12.2 Å². The van der Waals surface area contributed by atoms with Crippen LogP contribution in [0.2, 0.25) is 0 Å². The van der Waals surface area contributed by atoms with Gasteiger partial charge in [0.15, 0.2) is 5.11 Å². The molecular formula is C13H19N3O3S2. The van der Waals surface area contributed by atoms with Crippen LogP contribution in [0.15, 0.2) is 24.3 Å². The maximum Gasteiger partial charge on any atom is 0.271 e. The minimum Gasteiger partial charge on any atom is -0.377 e. The quantitative estimate of drug-likeness (QED) is 0.594. The third kappa shape index (κ3) is 10.7. The van der Waals surface area contributed by atoms with Crippen molar-refractivity contribution in [2.75, 3.05) is 6.61 Å². The number of nitrogens with two attached hydrogens (primary N) is 2. The molecule has 0 saturated carbocycles. The van der Waals surface area contributed by atoms with Crippen LogP contribution in [-0.2, 0) is 26.5 Å². The third-order valence-electron chi connectivity index (χ3n) is 2.19. The summed E-state index contributed by atoms with van der Waals surface area (Å²) < 4.78 is 27.4. The van der Waals surface area contributed by atoms with E-state index in [1.54, 1.807) is 19.1 Å². The lowest BCUT2D eigenvalue weighted by Gasteiger charge is -2.04. The lowest BCUT2D eigenvalue weighted by molar-refractivity contribution is 0.337. The number of aryl methyl sites for hydroxylation is 1. The minimum atomic E-state index is -3.47. The maximum absolute atomic E-state index is 11.4. The Hall–Kier alpha value is -1.69. The Morgan fingerprint density at radius 3 is 2.19 bits per heavy atom. The third-order valence-corrected chi connectivity index (χ3v) is 3.47. The smallest absolute Gasteiger partial charge is 0.271 e. The van der Waals surface area contributed by atoms with Crippen LogP contribution in [0.4, 0.5) is 0 Å². The Kier molecular flexibility index (Phi) is 9.28. The van der Waals surface area contributed by atoms with E-state index in [4.69, 9.17) is 5.26 Å². The number of thiocarbonyl (C=S) groups is 1. The van der Waals surface area contributed by atoms with E-state index >= 15 is 0 Å². The van der Waals surface area contributed by atoms with Crippen molar-refractivity contribution in [1.29, 1.82) is 5.26 Å². The van der Waals surface area contributed by atoms with E-state index in [0.29, 0.717) is 18.4 Å². The van der Waals surface area contributed by atoms with Crippen LogP contribution in [0.3, 0.4) is 0 Å². The predicted octanol–water partition coefficient (Wildman–Crippen LogP) is 1.20. The second kappa shape index (κ2) is 10.1. The molecule has 0 spiro atoms. The SMILES string of the molecule is CCOS(=O)(=O)Cc1ccc(CCC#N)cc1.NC(N)=S. The topological polar surface area (TPSA) is 119 Å². The minimum absolute atomic E-state index is 0.000000000000000222. The summed E-state index contributed by atoms with van der Waals surface area (Å²) in [5.41, 5.74) is 11.0. The molecule has 0 aliphatic carbocycles. The second-order valence-electron chi connectivity index (χ2n) is 3.99. The van der Waals surface area contributed by atoms with Gasteiger partial charge in [0.25, 0.3) is 10.1 Å². The summed E-state index contributed by atoms with van der Waals surface area (Å²) in [4.78, 5) is 0. The van der Waals surface area contributed by atoms with E-state index in [9.17, 15) is 8.42 Å². The van der Waals surface area contributed by atoms with Crippen molar-refractivity contribution in [3.8, 4) is 6.07 Å². The predicted molar refractivity (Wildman–Crippen MR) is 85.6 cm³/mol. The number of hydrogen-bond donors (Lipinski definition) is 2. The highest BCUT2D eigenvalue weighted by atomic mass is 32.2. The standard InChI is InChI=1S/C12H15NO3S.CH4N2S/c1-2-16-17(14,15)10-12-7-5-11(6-8-12)4-3-9-13;2-1(3)4/h5-8H,2-4,10H2,1H3;(H4,2,3,4). The summed E-state index contributed by atoms with van der Waals surface area (Å²) >= 11 is 4.09. The number of nitriles is 1. The molecule has 1 aromatic rings. The fraction of sp³-hybridized carbons (Fsp3) is 0.385. The first-order chi connectivity index (χ1) is 9.80. The molecule has 0 bridgehead atoms. The van der Waals surface area contributed by atoms with Gasteiger partial charge in [0.1, 0.15) is 5.75 Å². The first kappa shape index (κ1) is 19.3. The summed E-state index contributed by atoms with van der Waals surface area (Å²) in [6, 6.07) is 9.26. The summed E-state index contributed by atoms with van der Waals surface area (Å²) in [6.45, 7) is 1.80. The first-order valence-corrected chi connectivity index (χ1v) is 8.16. The van der Waals surface area contributed by atoms with Crippen molar-refractivity contribution >= 4 is 27.4 Å². The van der Waals surface area contributed by atoms with E-state index < -0.39 is 10.1 Å². The molecule has 6 nitrogen and oxygen atoms in total. The molecular weight excluding hydrogens is 310 g/mol. The molecule has 0 aliphatic heterocycles. The molecule has 8 heteroatoms. The normalized spacial score (nSPS) is 10.1. The molecule has 1 rings (SSSR count). The van der Waals surface area contributed by atoms with Gasteiger partial charge in [-0.25, -0.2) is 0 Å². The first-order valence-electron chi connectivity index (χ1n) is 6.17. The summed E-state index contributed by atoms with van der Waals surface area (Å²) in [7, 11) is -3.47. The van der Waals surface area contributed by atoms with Gasteiger partial charge in [0, 0.05) is 6.42 Å². The molecule has 0 fully saturated rings. The lowest BCUT2D eigenvalue weighted by Crippen LogP contribution is -2.18. The molecule has 0 saturated heterocycles.